The summed E-state index contributed by atoms with van der Waals surface area (Å²) >= 11 is 0. The number of carbonyl (C=O) groups excluding carboxylic acids is 10. The number of primary amides is 2. The Kier molecular flexibility index (Phi) is 38.1. The fourth-order valence-corrected chi connectivity index (χ4v) is 15.9. The Balaban J connectivity index is 1.33. The first-order valence-corrected chi connectivity index (χ1v) is 41.8. The molecule has 0 bridgehead atoms. The number of nitrogens with two attached hydrogens (primary N) is 2. The van der Waals surface area contributed by atoms with Crippen LogP contribution in [0, 0.1) is 40.9 Å². The number of nitrogens with one attached hydrogen (secondary N) is 3. The van der Waals surface area contributed by atoms with E-state index in [1.807, 2.05) is 6.92 Å². The van der Waals surface area contributed by atoms with Crippen molar-refractivity contribution in [1.82, 2.24) is 16.0 Å². The minimum Gasteiger partial charge on any atom is -0.510 e. The predicted molar refractivity (Wildman–Crippen MR) is 424 cm³/mol. The van der Waals surface area contributed by atoms with Crippen LogP contribution in [-0.2, 0) is 128 Å². The second-order valence-corrected chi connectivity index (χ2v) is 34.4. The van der Waals surface area contributed by atoms with Crippen molar-refractivity contribution in [2.24, 2.45) is 52.4 Å². The number of phosphoric acid groups is 1. The van der Waals surface area contributed by atoms with E-state index in [-0.39, 0.29) is 42.9 Å². The van der Waals surface area contributed by atoms with Gasteiger partial charge in [0.05, 0.1) is 63.4 Å². The number of esters is 4. The zero-order valence-corrected chi connectivity index (χ0v) is 73.0. The molecule has 6 aliphatic rings. The highest BCUT2D eigenvalue weighted by Gasteiger charge is 2.62. The second kappa shape index (κ2) is 45.1. The first-order valence-electron chi connectivity index (χ1n) is 40.3. The number of Topliss-reactive ketones (excluding diaryl/α,β-unsaturated/α-hetero) is 1. The van der Waals surface area contributed by atoms with Gasteiger partial charge in [-0.3, -0.25) is 47.4 Å². The molecular formula is C82H128N5O31P. The van der Waals surface area contributed by atoms with Gasteiger partial charge in [-0.2, -0.15) is 0 Å². The summed E-state index contributed by atoms with van der Waals surface area (Å²) in [7, 11) is -4.69. The third-order valence-electron chi connectivity index (χ3n) is 22.4. The van der Waals surface area contributed by atoms with Crippen LogP contribution in [0.15, 0.2) is 70.7 Å². The Morgan fingerprint density at radius 3 is 1.80 bits per heavy atom. The molecule has 0 saturated carbocycles. The van der Waals surface area contributed by atoms with Gasteiger partial charge in [0, 0.05) is 71.1 Å². The quantitative estimate of drug-likeness (QED) is 0.0128. The molecule has 0 spiro atoms. The van der Waals surface area contributed by atoms with E-state index < -0.39 is 238 Å². The van der Waals surface area contributed by atoms with Crippen LogP contribution in [0.1, 0.15) is 189 Å². The van der Waals surface area contributed by atoms with Gasteiger partial charge in [0.2, 0.25) is 17.7 Å². The van der Waals surface area contributed by atoms with Crippen LogP contribution in [0.2, 0.25) is 0 Å². The molecule has 11 unspecified atom stereocenters. The molecule has 5 aliphatic heterocycles. The van der Waals surface area contributed by atoms with Crippen molar-refractivity contribution in [3.05, 3.63) is 70.7 Å². The summed E-state index contributed by atoms with van der Waals surface area (Å²) in [5.41, 5.74) is 12.9. The lowest BCUT2D eigenvalue weighted by Crippen LogP contribution is -2.71. The fraction of sp³-hybridized carbons (Fsp3) is 0.732. The van der Waals surface area contributed by atoms with Crippen LogP contribution in [-0.4, -0.2) is 230 Å². The minimum atomic E-state index is -5.73. The zero-order chi connectivity index (χ0) is 89.0. The van der Waals surface area contributed by atoms with Crippen LogP contribution in [0.3, 0.4) is 0 Å². The van der Waals surface area contributed by atoms with Crippen LogP contribution in [0.25, 0.3) is 0 Å². The van der Waals surface area contributed by atoms with E-state index in [1.165, 1.54) is 31.9 Å². The van der Waals surface area contributed by atoms with Gasteiger partial charge in [-0.25, -0.2) is 14.2 Å². The molecule has 5 saturated heterocycles. The summed E-state index contributed by atoms with van der Waals surface area (Å²) in [5.74, 6) is -12.0. The predicted octanol–water partition coefficient (Wildman–Crippen LogP) is 7.42. The number of hydrogen-bond donors (Lipinski definition) is 8. The van der Waals surface area contributed by atoms with Crippen molar-refractivity contribution < 1.29 is 148 Å². The highest BCUT2D eigenvalue weighted by Crippen LogP contribution is 2.50. The number of rotatable bonds is 40. The smallest absolute Gasteiger partial charge is 0.474 e. The number of ether oxygens (including phenoxy) is 15. The number of hydrogen-bond acceptors (Lipinski definition) is 30. The lowest BCUT2D eigenvalue weighted by Gasteiger charge is -2.52. The Bertz CT molecular complexity index is 3760. The molecule has 672 valence electrons. The first-order chi connectivity index (χ1) is 55.6. The normalized spacial score (nSPS) is 33.4. The van der Waals surface area contributed by atoms with E-state index in [2.05, 4.69) is 81.5 Å². The molecule has 5 heterocycles. The number of aliphatic hydroxyl groups is 2. The molecule has 0 aromatic rings. The summed E-state index contributed by atoms with van der Waals surface area (Å²) < 4.78 is 118. The van der Waals surface area contributed by atoms with Crippen molar-refractivity contribution in [3.8, 4) is 0 Å². The maximum Gasteiger partial charge on any atom is 0.474 e. The van der Waals surface area contributed by atoms with Crippen molar-refractivity contribution in [2.75, 3.05) is 33.5 Å². The van der Waals surface area contributed by atoms with E-state index in [0.29, 0.717) is 12.8 Å². The molecule has 5 amide bonds. The zero-order valence-electron chi connectivity index (χ0n) is 72.1. The number of phosphoric ester groups is 1. The topological polar surface area (TPSA) is 493 Å². The molecule has 6 rings (SSSR count). The highest BCUT2D eigenvalue weighted by atomic mass is 31.2. The molecule has 0 radical (unpaired) electrons. The van der Waals surface area contributed by atoms with Gasteiger partial charge >= 0.3 is 37.8 Å². The molecule has 5 fully saturated rings. The van der Waals surface area contributed by atoms with Crippen LogP contribution >= 0.6 is 7.82 Å². The Morgan fingerprint density at radius 2 is 1.23 bits per heavy atom. The number of amides is 5. The van der Waals surface area contributed by atoms with Gasteiger partial charge in [0.1, 0.15) is 35.9 Å². The summed E-state index contributed by atoms with van der Waals surface area (Å²) in [6.45, 7) is 33.1. The van der Waals surface area contributed by atoms with Gasteiger partial charge in [-0.05, 0) is 104 Å². The Morgan fingerprint density at radius 1 is 0.655 bits per heavy atom. The standard InChI is InChI=1S/C82H128N5O31P/c1-40(2)25-24-27-41(3)28-29-43(5)32-35-81(18,19)34-23-22-26-42(4)33-36-103-60(74(97)102-21)39-106-119(100,101)118-79-69(70(117-80(84)98)82(20,99)71(116-79)72(83)95)115-76-62(86-52(14)89)49(11)65(59(111-76)38-105-77-67(108-54(16)91)45(7)44(6)58(110-77)37-104-53(15)90)113-75-61(85-51(13)88)48(10)64(50(12)107-75)112-78-68(109-55(17)92)47(9)46(8)66(114-78)73(96)87-63-56(93)30-31-57(63)94/h23,25,28,33-34,44-50,58-62,64-71,75-79,93,99H,5,22,24,26-27,29-32,35-39H2,1-4,6-21H3,(H2,83,95)(H2,84,98)(H,85,88)(H,86,89)(H,87,96)(H,100,101)/b34-23+,41-28+,42-33-/t44-,45+,46-,47+,48-,49-,50?,58?,59?,60-,61?,62?,64-,65-,66?,67?,68?,69?,70-,71?,75+,76+,77-,78-,79+,82+/m1/s1. The van der Waals surface area contributed by atoms with E-state index in [4.69, 9.17) is 91.6 Å². The van der Waals surface area contributed by atoms with Crippen LogP contribution in [0.5, 0.6) is 0 Å². The van der Waals surface area contributed by atoms with Gasteiger partial charge in [-0.15, -0.1) is 0 Å². The number of allylic oxidation sites excluding steroid dienone is 10. The molecule has 10 N–H and O–H groups in total. The summed E-state index contributed by atoms with van der Waals surface area (Å²) in [6.07, 6.45) is -12.8. The minimum absolute atomic E-state index is 0.0149. The molecule has 27 atom stereocenters. The van der Waals surface area contributed by atoms with Crippen LogP contribution < -0.4 is 27.4 Å². The highest BCUT2D eigenvalue weighted by molar-refractivity contribution is 7.47. The largest absolute Gasteiger partial charge is 0.510 e. The van der Waals surface area contributed by atoms with E-state index >= 15 is 0 Å². The molecule has 1 aliphatic carbocycles. The Labute approximate surface area is 696 Å². The number of methoxy groups -OCH3 is 1. The molecule has 36 nitrogen and oxygen atoms in total. The maximum absolute atomic E-state index is 14.5. The number of ketones is 1. The molecule has 0 aromatic carbocycles. The molecular weight excluding hydrogens is 1580 g/mol. The van der Waals surface area contributed by atoms with Gasteiger partial charge in [0.25, 0.3) is 5.91 Å². The average molecular weight is 1710 g/mol. The van der Waals surface area contributed by atoms with Gasteiger partial charge in [0.15, 0.2) is 73.9 Å². The third kappa shape index (κ3) is 29.1. The third-order valence-corrected chi connectivity index (χ3v) is 23.3. The lowest BCUT2D eigenvalue weighted by atomic mass is 9.82. The Hall–Kier alpha value is -7.39. The van der Waals surface area contributed by atoms with E-state index in [9.17, 15) is 67.6 Å². The number of aliphatic hydroxyl groups excluding tert-OH is 1. The van der Waals surface area contributed by atoms with E-state index in [1.54, 1.807) is 54.5 Å². The fourth-order valence-electron chi connectivity index (χ4n) is 15.1. The molecule has 119 heavy (non-hydrogen) atoms. The van der Waals surface area contributed by atoms with Crippen molar-refractivity contribution >= 4 is 67.2 Å². The summed E-state index contributed by atoms with van der Waals surface area (Å²) in [5, 5.41) is 30.9. The average Bonchev–Trinajstić information content (AvgIpc) is 1.21. The van der Waals surface area contributed by atoms with Crippen molar-refractivity contribution in [1.29, 1.82) is 0 Å². The first kappa shape index (κ1) is 100. The molecule has 37 heteroatoms. The SMILES string of the molecule is C=C(C/C=C(\C)CCC=C(C)C)CCC(C)(C)/C=C/CC/C(C)=C\CO[C@H](COP(=O)(O)O[C@@H]1OC(C(N)=O)[C@@](C)(O)[C@H](OC(N)=O)C1O[C@@H]1OC(CO[C@@H]2OC(COC(C)=O)[C@H](C)[C@H](C)C2OC(C)=O)[C@H](O[C@@H]2OC(C)[C@H](O[C@@H]3OC(C(=O)NC4=C(O)CCC4=O)[C@H](C)[C@H](C)C3OC(C)=O)[C@H](C)C2NC(C)=O)[C@H](C)C1NC(C)=O)C(=O)OC. The van der Waals surface area contributed by atoms with Crippen molar-refractivity contribution in [2.45, 2.75) is 312 Å². The van der Waals surface area contributed by atoms with E-state index in [0.717, 1.165) is 71.1 Å². The summed E-state index contributed by atoms with van der Waals surface area (Å²) in [6, 6.07) is -2.76. The summed E-state index contributed by atoms with van der Waals surface area (Å²) in [4.78, 5) is 143. The van der Waals surface area contributed by atoms with Crippen molar-refractivity contribution in [3.63, 3.8) is 0 Å². The van der Waals surface area contributed by atoms with Gasteiger partial charge < -0.3 is 114 Å². The monoisotopic (exact) mass is 1710 g/mol. The molecule has 0 aromatic heterocycles. The second-order valence-electron chi connectivity index (χ2n) is 33.0. The van der Waals surface area contributed by atoms with Gasteiger partial charge in [-0.1, -0.05) is 115 Å². The maximum atomic E-state index is 14.5. The lowest BCUT2D eigenvalue weighted by molar-refractivity contribution is -0.367. The van der Waals surface area contributed by atoms with Crippen LogP contribution in [0.4, 0.5) is 4.79 Å². The number of carbonyl (C=O) groups is 10.